The SMILES string of the molecule is O=C(CN1C(=O)C(=O)c2ccccc21)OCc1ccccc1Br. The van der Waals surface area contributed by atoms with Crippen LogP contribution in [0.1, 0.15) is 15.9 Å². The van der Waals surface area contributed by atoms with Gasteiger partial charge in [0.1, 0.15) is 13.2 Å². The van der Waals surface area contributed by atoms with Crippen molar-refractivity contribution in [3.8, 4) is 0 Å². The molecular formula is C17H12BrNO4. The van der Waals surface area contributed by atoms with Crippen molar-refractivity contribution in [1.29, 1.82) is 0 Å². The molecule has 5 nitrogen and oxygen atoms in total. The largest absolute Gasteiger partial charge is 0.459 e. The van der Waals surface area contributed by atoms with Crippen LogP contribution in [0.25, 0.3) is 0 Å². The summed E-state index contributed by atoms with van der Waals surface area (Å²) in [4.78, 5) is 37.0. The number of amides is 1. The van der Waals surface area contributed by atoms with Gasteiger partial charge in [0.25, 0.3) is 11.7 Å². The van der Waals surface area contributed by atoms with Gasteiger partial charge in [-0.25, -0.2) is 0 Å². The van der Waals surface area contributed by atoms with Crippen LogP contribution in [0.3, 0.4) is 0 Å². The Kier molecular flexibility index (Phi) is 4.25. The number of nitrogens with zero attached hydrogens (tertiary/aromatic N) is 1. The number of benzene rings is 2. The Hall–Kier alpha value is -2.47. The van der Waals surface area contributed by atoms with Crippen LogP contribution >= 0.6 is 15.9 Å². The molecule has 0 spiro atoms. The molecule has 1 amide bonds. The van der Waals surface area contributed by atoms with Crippen molar-refractivity contribution in [3.05, 3.63) is 64.1 Å². The van der Waals surface area contributed by atoms with Crippen LogP contribution in [0, 0.1) is 0 Å². The zero-order valence-corrected chi connectivity index (χ0v) is 13.6. The van der Waals surface area contributed by atoms with E-state index >= 15 is 0 Å². The second-order valence-corrected chi connectivity index (χ2v) is 5.84. The van der Waals surface area contributed by atoms with Crippen LogP contribution in [0.15, 0.2) is 53.0 Å². The van der Waals surface area contributed by atoms with Gasteiger partial charge in [0, 0.05) is 10.0 Å². The molecule has 0 aromatic heterocycles. The number of ether oxygens (including phenoxy) is 1. The highest BCUT2D eigenvalue weighted by atomic mass is 79.9. The van der Waals surface area contributed by atoms with Gasteiger partial charge in [0.15, 0.2) is 0 Å². The Morgan fingerprint density at radius 3 is 2.52 bits per heavy atom. The minimum absolute atomic E-state index is 0.0951. The zero-order valence-electron chi connectivity index (χ0n) is 12.0. The molecule has 6 heteroatoms. The van der Waals surface area contributed by atoms with Crippen LogP contribution in [-0.2, 0) is 20.9 Å². The van der Waals surface area contributed by atoms with Crippen molar-refractivity contribution < 1.29 is 19.1 Å². The van der Waals surface area contributed by atoms with Gasteiger partial charge in [0.2, 0.25) is 0 Å². The van der Waals surface area contributed by atoms with Crippen LogP contribution in [-0.4, -0.2) is 24.2 Å². The number of hydrogen-bond donors (Lipinski definition) is 0. The number of Topliss-reactive ketones (excluding diaryl/α,β-unsaturated/α-hetero) is 1. The molecule has 23 heavy (non-hydrogen) atoms. The van der Waals surface area contributed by atoms with E-state index in [0.29, 0.717) is 11.3 Å². The van der Waals surface area contributed by atoms with E-state index in [1.54, 1.807) is 24.3 Å². The van der Waals surface area contributed by atoms with Crippen molar-refractivity contribution >= 4 is 39.3 Å². The first kappa shape index (κ1) is 15.4. The quantitative estimate of drug-likeness (QED) is 0.610. The molecule has 0 saturated heterocycles. The minimum atomic E-state index is -0.705. The van der Waals surface area contributed by atoms with E-state index < -0.39 is 17.7 Å². The lowest BCUT2D eigenvalue weighted by Crippen LogP contribution is -2.35. The van der Waals surface area contributed by atoms with E-state index in [2.05, 4.69) is 15.9 Å². The second kappa shape index (κ2) is 6.34. The summed E-state index contributed by atoms with van der Waals surface area (Å²) in [5, 5.41) is 0. The topological polar surface area (TPSA) is 63.7 Å². The monoisotopic (exact) mass is 373 g/mol. The maximum Gasteiger partial charge on any atom is 0.326 e. The molecular weight excluding hydrogens is 362 g/mol. The Labute approximate surface area is 141 Å². The summed E-state index contributed by atoms with van der Waals surface area (Å²) >= 11 is 3.37. The second-order valence-electron chi connectivity index (χ2n) is 4.99. The highest BCUT2D eigenvalue weighted by molar-refractivity contribution is 9.10. The third-order valence-electron chi connectivity index (χ3n) is 3.51. The number of ketones is 1. The maximum absolute atomic E-state index is 12.0. The molecule has 1 aliphatic heterocycles. The highest BCUT2D eigenvalue weighted by Gasteiger charge is 2.36. The van der Waals surface area contributed by atoms with E-state index in [0.717, 1.165) is 14.9 Å². The van der Waals surface area contributed by atoms with E-state index in [1.807, 2.05) is 24.3 Å². The third kappa shape index (κ3) is 3.03. The Morgan fingerprint density at radius 2 is 1.74 bits per heavy atom. The number of carbonyl (C=O) groups is 3. The molecule has 0 N–H and O–H groups in total. The molecule has 3 rings (SSSR count). The first-order valence-electron chi connectivity index (χ1n) is 6.92. The average Bonchev–Trinajstić information content (AvgIpc) is 2.80. The summed E-state index contributed by atoms with van der Waals surface area (Å²) in [7, 11) is 0. The third-order valence-corrected chi connectivity index (χ3v) is 4.29. The number of rotatable bonds is 4. The van der Waals surface area contributed by atoms with Gasteiger partial charge in [-0.2, -0.15) is 0 Å². The number of esters is 1. The molecule has 2 aromatic carbocycles. The van der Waals surface area contributed by atoms with Crippen LogP contribution in [0.2, 0.25) is 0 Å². The van der Waals surface area contributed by atoms with Gasteiger partial charge < -0.3 is 4.74 Å². The lowest BCUT2D eigenvalue weighted by Gasteiger charge is -2.15. The normalized spacial score (nSPS) is 13.2. The summed E-state index contributed by atoms with van der Waals surface area (Å²) in [6.45, 7) is -0.191. The lowest BCUT2D eigenvalue weighted by molar-refractivity contribution is -0.143. The van der Waals surface area contributed by atoms with Crippen molar-refractivity contribution in [3.63, 3.8) is 0 Å². The van der Waals surface area contributed by atoms with Gasteiger partial charge >= 0.3 is 5.97 Å². The van der Waals surface area contributed by atoms with Crippen molar-refractivity contribution in [1.82, 2.24) is 0 Å². The molecule has 0 atom stereocenters. The van der Waals surface area contributed by atoms with E-state index in [9.17, 15) is 14.4 Å². The van der Waals surface area contributed by atoms with Crippen LogP contribution < -0.4 is 4.90 Å². The smallest absolute Gasteiger partial charge is 0.326 e. The predicted molar refractivity (Wildman–Crippen MR) is 87.1 cm³/mol. The zero-order chi connectivity index (χ0) is 16.4. The van der Waals surface area contributed by atoms with Crippen molar-refractivity contribution in [2.45, 2.75) is 6.61 Å². The fourth-order valence-corrected chi connectivity index (χ4v) is 2.75. The minimum Gasteiger partial charge on any atom is -0.459 e. The highest BCUT2D eigenvalue weighted by Crippen LogP contribution is 2.28. The lowest BCUT2D eigenvalue weighted by atomic mass is 10.1. The molecule has 0 aliphatic carbocycles. The van der Waals surface area contributed by atoms with Crippen LogP contribution in [0.4, 0.5) is 5.69 Å². The van der Waals surface area contributed by atoms with E-state index in [4.69, 9.17) is 4.74 Å². The van der Waals surface area contributed by atoms with Gasteiger partial charge in [-0.3, -0.25) is 19.3 Å². The summed E-state index contributed by atoms with van der Waals surface area (Å²) in [5.41, 5.74) is 1.58. The predicted octanol–water partition coefficient (Wildman–Crippen LogP) is 2.72. The first-order chi connectivity index (χ1) is 11.1. The molecule has 0 unspecified atom stereocenters. The summed E-state index contributed by atoms with van der Waals surface area (Å²) < 4.78 is 6.03. The van der Waals surface area contributed by atoms with Crippen LogP contribution in [0.5, 0.6) is 0 Å². The molecule has 0 bridgehead atoms. The van der Waals surface area contributed by atoms with Crippen molar-refractivity contribution in [2.75, 3.05) is 11.4 Å². The first-order valence-corrected chi connectivity index (χ1v) is 7.71. The van der Waals surface area contributed by atoms with Gasteiger partial charge in [-0.05, 0) is 18.2 Å². The Morgan fingerprint density at radius 1 is 1.04 bits per heavy atom. The summed E-state index contributed by atoms with van der Waals surface area (Å²) in [6.07, 6.45) is 0. The van der Waals surface area contributed by atoms with E-state index in [-0.39, 0.29) is 13.2 Å². The average molecular weight is 374 g/mol. The fourth-order valence-electron chi connectivity index (χ4n) is 2.35. The Balaban J connectivity index is 1.68. The van der Waals surface area contributed by atoms with Gasteiger partial charge in [-0.15, -0.1) is 0 Å². The van der Waals surface area contributed by atoms with E-state index in [1.165, 1.54) is 0 Å². The maximum atomic E-state index is 12.0. The van der Waals surface area contributed by atoms with Gasteiger partial charge in [-0.1, -0.05) is 46.3 Å². The number of carbonyl (C=O) groups excluding carboxylic acids is 3. The number of para-hydroxylation sites is 1. The number of halogens is 1. The molecule has 2 aromatic rings. The number of fused-ring (bicyclic) bond motifs is 1. The summed E-state index contributed by atoms with van der Waals surface area (Å²) in [5.74, 6) is -1.87. The molecule has 116 valence electrons. The molecule has 1 aliphatic rings. The number of hydrogen-bond acceptors (Lipinski definition) is 4. The molecule has 0 saturated carbocycles. The molecule has 1 heterocycles. The summed E-state index contributed by atoms with van der Waals surface area (Å²) in [6, 6.07) is 14.0. The number of anilines is 1. The Bertz CT molecular complexity index is 803. The molecule has 0 fully saturated rings. The molecule has 0 radical (unpaired) electrons. The standard InChI is InChI=1S/C17H12BrNO4/c18-13-7-3-1-5-11(13)10-23-15(20)9-19-14-8-4-2-6-12(14)16(21)17(19)22/h1-8H,9-10H2. The van der Waals surface area contributed by atoms with Gasteiger partial charge in [0.05, 0.1) is 11.3 Å². The van der Waals surface area contributed by atoms with Crippen molar-refractivity contribution in [2.24, 2.45) is 0 Å². The fraction of sp³-hybridized carbons (Fsp3) is 0.118.